The van der Waals surface area contributed by atoms with Gasteiger partial charge in [-0.3, -0.25) is 4.79 Å². The van der Waals surface area contributed by atoms with Crippen LogP contribution in [0.1, 0.15) is 84.0 Å². The second-order valence-corrected chi connectivity index (χ2v) is 5.72. The van der Waals surface area contributed by atoms with Gasteiger partial charge in [-0.05, 0) is 38.5 Å². The molecule has 0 heterocycles. The fourth-order valence-corrected chi connectivity index (χ4v) is 2.24. The van der Waals surface area contributed by atoms with Gasteiger partial charge in [-0.1, -0.05) is 75.5 Å². The molecule has 126 valence electrons. The average molecular weight is 306 g/mol. The lowest BCUT2D eigenvalue weighted by Crippen LogP contribution is -1.91. The zero-order valence-corrected chi connectivity index (χ0v) is 14.3. The first-order chi connectivity index (χ1) is 10.8. The first kappa shape index (κ1) is 20.7. The zero-order chi connectivity index (χ0) is 16.3. The van der Waals surface area contributed by atoms with Gasteiger partial charge in [0, 0.05) is 6.42 Å². The highest BCUT2D eigenvalue weighted by Gasteiger charge is 1.92. The van der Waals surface area contributed by atoms with Gasteiger partial charge in [0.1, 0.15) is 0 Å². The molecule has 0 aromatic carbocycles. The maximum absolute atomic E-state index is 10.3. The lowest BCUT2D eigenvalue weighted by atomic mass is 10.1. The van der Waals surface area contributed by atoms with Crippen molar-refractivity contribution >= 4 is 5.97 Å². The van der Waals surface area contributed by atoms with Crippen molar-refractivity contribution in [3.63, 3.8) is 0 Å². The number of unbranched alkanes of at least 4 members (excludes halogenated alkanes) is 8. The van der Waals surface area contributed by atoms with E-state index in [-0.39, 0.29) is 6.42 Å². The summed E-state index contributed by atoms with van der Waals surface area (Å²) in [6.45, 7) is 2.15. The van der Waals surface area contributed by atoms with Gasteiger partial charge in [-0.2, -0.15) is 0 Å². The summed E-state index contributed by atoms with van der Waals surface area (Å²) in [6.07, 6.45) is 26.4. The Labute approximate surface area is 137 Å². The lowest BCUT2D eigenvalue weighted by molar-refractivity contribution is -0.136. The van der Waals surface area contributed by atoms with Gasteiger partial charge in [0.25, 0.3) is 0 Å². The molecule has 2 heteroatoms. The number of carboxylic acids is 1. The van der Waals surface area contributed by atoms with Crippen LogP contribution >= 0.6 is 0 Å². The zero-order valence-electron chi connectivity index (χ0n) is 14.3. The molecule has 0 spiro atoms. The first-order valence-electron chi connectivity index (χ1n) is 8.95. The quantitative estimate of drug-likeness (QED) is 0.215. The number of rotatable bonds is 15. The molecule has 0 aliphatic carbocycles. The van der Waals surface area contributed by atoms with E-state index in [1.807, 2.05) is 6.08 Å². The summed E-state index contributed by atoms with van der Waals surface area (Å²) in [4.78, 5) is 10.3. The molecular weight excluding hydrogens is 272 g/mol. The third-order valence-electron chi connectivity index (χ3n) is 3.55. The van der Waals surface area contributed by atoms with Crippen LogP contribution in [0.15, 0.2) is 36.5 Å². The van der Waals surface area contributed by atoms with Crippen LogP contribution in [0.4, 0.5) is 0 Å². The fourth-order valence-electron chi connectivity index (χ4n) is 2.24. The number of hydrogen-bond acceptors (Lipinski definition) is 1. The molecule has 0 atom stereocenters. The normalized spacial score (nSPS) is 12.0. The highest BCUT2D eigenvalue weighted by Crippen LogP contribution is 2.10. The molecule has 22 heavy (non-hydrogen) atoms. The predicted molar refractivity (Wildman–Crippen MR) is 96.1 cm³/mol. The van der Waals surface area contributed by atoms with Gasteiger partial charge in [0.05, 0.1) is 0 Å². The van der Waals surface area contributed by atoms with E-state index in [0.717, 1.165) is 12.8 Å². The summed E-state index contributed by atoms with van der Waals surface area (Å²) in [5.41, 5.74) is 0. The summed E-state index contributed by atoms with van der Waals surface area (Å²) >= 11 is 0. The maximum atomic E-state index is 10.3. The van der Waals surface area contributed by atoms with Crippen LogP contribution in [0.5, 0.6) is 0 Å². The van der Waals surface area contributed by atoms with Gasteiger partial charge >= 0.3 is 5.97 Å². The molecule has 0 aliphatic heterocycles. The van der Waals surface area contributed by atoms with Crippen LogP contribution in [0, 0.1) is 0 Å². The molecule has 0 bridgehead atoms. The molecular formula is C20H34O2. The van der Waals surface area contributed by atoms with Crippen molar-refractivity contribution in [2.24, 2.45) is 0 Å². The molecule has 0 fully saturated rings. The second-order valence-electron chi connectivity index (χ2n) is 5.72. The third kappa shape index (κ3) is 18.7. The van der Waals surface area contributed by atoms with Crippen LogP contribution in [-0.2, 0) is 4.79 Å². The van der Waals surface area contributed by atoms with Crippen molar-refractivity contribution in [1.82, 2.24) is 0 Å². The molecule has 0 saturated carbocycles. The van der Waals surface area contributed by atoms with E-state index in [1.54, 1.807) is 0 Å². The molecule has 0 radical (unpaired) electrons. The molecule has 0 rings (SSSR count). The van der Waals surface area contributed by atoms with Gasteiger partial charge < -0.3 is 5.11 Å². The van der Waals surface area contributed by atoms with Gasteiger partial charge in [-0.15, -0.1) is 0 Å². The molecule has 0 aliphatic rings. The molecule has 2 nitrogen and oxygen atoms in total. The summed E-state index contributed by atoms with van der Waals surface area (Å²) in [5.74, 6) is -0.711. The second kappa shape index (κ2) is 17.7. The highest BCUT2D eigenvalue weighted by molar-refractivity contribution is 5.66. The Morgan fingerprint density at radius 2 is 1.23 bits per heavy atom. The number of aliphatic carboxylic acids is 1. The summed E-state index contributed by atoms with van der Waals surface area (Å²) in [6, 6.07) is 0. The molecule has 0 amide bonds. The Hall–Kier alpha value is -1.31. The van der Waals surface area contributed by atoms with Crippen LogP contribution in [0.2, 0.25) is 0 Å². The first-order valence-corrected chi connectivity index (χ1v) is 8.95. The van der Waals surface area contributed by atoms with E-state index in [0.29, 0.717) is 6.42 Å². The number of carboxylic acid groups (broad SMARTS) is 1. The van der Waals surface area contributed by atoms with E-state index < -0.39 is 5.97 Å². The van der Waals surface area contributed by atoms with Crippen molar-refractivity contribution < 1.29 is 9.90 Å². The van der Waals surface area contributed by atoms with Crippen LogP contribution < -0.4 is 0 Å². The molecule has 0 saturated heterocycles. The smallest absolute Gasteiger partial charge is 0.303 e. The van der Waals surface area contributed by atoms with Crippen molar-refractivity contribution in [3.05, 3.63) is 36.5 Å². The Balaban J connectivity index is 3.16. The van der Waals surface area contributed by atoms with E-state index in [1.165, 1.54) is 51.4 Å². The monoisotopic (exact) mass is 306 g/mol. The van der Waals surface area contributed by atoms with Gasteiger partial charge in [-0.25, -0.2) is 0 Å². The minimum atomic E-state index is -0.711. The largest absolute Gasteiger partial charge is 0.481 e. The lowest BCUT2D eigenvalue weighted by Gasteiger charge is -2.00. The molecule has 0 aromatic rings. The molecule has 0 aromatic heterocycles. The molecule has 1 N–H and O–H groups in total. The summed E-state index contributed by atoms with van der Waals surface area (Å²) in [5, 5.41) is 8.50. The average Bonchev–Trinajstić information content (AvgIpc) is 2.50. The van der Waals surface area contributed by atoms with Crippen molar-refractivity contribution in [1.29, 1.82) is 0 Å². The number of allylic oxidation sites excluding steroid dienone is 6. The Morgan fingerprint density at radius 1 is 0.727 bits per heavy atom. The standard InChI is InChI=1S/C20H34O2/c1-2-3-4-5-6-7-8-9-10-11-12-13-14-15-16-17-18-19-20(21)22/h3-6,16-17H,2,7-15,18-19H2,1H3,(H,21,22)/b4-3+,6-5+,17-16+. The highest BCUT2D eigenvalue weighted by atomic mass is 16.4. The summed E-state index contributed by atoms with van der Waals surface area (Å²) < 4.78 is 0. The van der Waals surface area contributed by atoms with E-state index >= 15 is 0 Å². The minimum absolute atomic E-state index is 0.251. The van der Waals surface area contributed by atoms with Crippen LogP contribution in [0.3, 0.4) is 0 Å². The van der Waals surface area contributed by atoms with E-state index in [2.05, 4.69) is 37.3 Å². The van der Waals surface area contributed by atoms with Crippen molar-refractivity contribution in [2.75, 3.05) is 0 Å². The van der Waals surface area contributed by atoms with Crippen LogP contribution in [0.25, 0.3) is 0 Å². The third-order valence-corrected chi connectivity index (χ3v) is 3.55. The predicted octanol–water partition coefficient (Wildman–Crippen LogP) is 6.44. The molecule has 0 unspecified atom stereocenters. The number of carbonyl (C=O) groups is 1. The van der Waals surface area contributed by atoms with E-state index in [4.69, 9.17) is 5.11 Å². The van der Waals surface area contributed by atoms with E-state index in [9.17, 15) is 4.79 Å². The Morgan fingerprint density at radius 3 is 1.82 bits per heavy atom. The fraction of sp³-hybridized carbons (Fsp3) is 0.650. The van der Waals surface area contributed by atoms with Gasteiger partial charge in [0.15, 0.2) is 0 Å². The van der Waals surface area contributed by atoms with Crippen molar-refractivity contribution in [3.8, 4) is 0 Å². The van der Waals surface area contributed by atoms with Crippen LogP contribution in [-0.4, -0.2) is 11.1 Å². The summed E-state index contributed by atoms with van der Waals surface area (Å²) in [7, 11) is 0. The van der Waals surface area contributed by atoms with Crippen molar-refractivity contribution in [2.45, 2.75) is 84.0 Å². The topological polar surface area (TPSA) is 37.3 Å². The minimum Gasteiger partial charge on any atom is -0.481 e. The number of hydrogen-bond donors (Lipinski definition) is 1. The maximum Gasteiger partial charge on any atom is 0.303 e. The SMILES string of the molecule is CC/C=C/C=C/CCCCCCCCC/C=C/CCC(=O)O. The Kier molecular flexibility index (Phi) is 16.7. The Bertz CT molecular complexity index is 327. The van der Waals surface area contributed by atoms with Gasteiger partial charge in [0.2, 0.25) is 0 Å².